The van der Waals surface area contributed by atoms with Gasteiger partial charge in [0.1, 0.15) is 12.4 Å². The van der Waals surface area contributed by atoms with Crippen molar-refractivity contribution in [3.05, 3.63) is 75.8 Å². The molecule has 6 nitrogen and oxygen atoms in total. The number of para-hydroxylation sites is 1. The minimum atomic E-state index is -0.453. The van der Waals surface area contributed by atoms with Crippen LogP contribution in [0.2, 0.25) is 0 Å². The van der Waals surface area contributed by atoms with E-state index in [4.69, 9.17) is 0 Å². The van der Waals surface area contributed by atoms with E-state index in [0.29, 0.717) is 40.8 Å². The zero-order chi connectivity index (χ0) is 22.0. The molecule has 31 heavy (non-hydrogen) atoms. The molecule has 1 aliphatic heterocycles. The summed E-state index contributed by atoms with van der Waals surface area (Å²) in [6.07, 6.45) is 3.02. The van der Waals surface area contributed by atoms with Gasteiger partial charge in [-0.25, -0.2) is 4.39 Å². The Morgan fingerprint density at radius 2 is 1.77 bits per heavy atom. The fourth-order valence-electron chi connectivity index (χ4n) is 3.96. The van der Waals surface area contributed by atoms with Gasteiger partial charge in [0, 0.05) is 30.2 Å². The van der Waals surface area contributed by atoms with Crippen molar-refractivity contribution in [3.8, 4) is 0 Å². The number of halogens is 1. The topological polar surface area (TPSA) is 71.4 Å². The summed E-state index contributed by atoms with van der Waals surface area (Å²) < 4.78 is 15.1. The Hall–Kier alpha value is -3.48. The van der Waals surface area contributed by atoms with E-state index in [9.17, 15) is 18.8 Å². The van der Waals surface area contributed by atoms with E-state index in [1.165, 1.54) is 16.7 Å². The first-order valence-electron chi connectivity index (χ1n) is 10.4. The third-order valence-electron chi connectivity index (χ3n) is 5.65. The Morgan fingerprint density at radius 1 is 1.03 bits per heavy atom. The van der Waals surface area contributed by atoms with Crippen molar-refractivity contribution in [1.82, 2.24) is 9.47 Å². The van der Waals surface area contributed by atoms with Gasteiger partial charge in [-0.05, 0) is 49.9 Å². The highest BCUT2D eigenvalue weighted by atomic mass is 19.1. The van der Waals surface area contributed by atoms with Gasteiger partial charge in [0.15, 0.2) is 0 Å². The van der Waals surface area contributed by atoms with Crippen molar-refractivity contribution < 1.29 is 14.0 Å². The Labute approximate surface area is 179 Å². The zero-order valence-corrected chi connectivity index (χ0v) is 17.4. The predicted octanol–water partition coefficient (Wildman–Crippen LogP) is 3.71. The summed E-state index contributed by atoms with van der Waals surface area (Å²) in [6, 6.07) is 12.8. The third kappa shape index (κ3) is 4.35. The molecule has 3 aromatic rings. The van der Waals surface area contributed by atoms with Crippen LogP contribution in [0.15, 0.2) is 53.3 Å². The normalized spacial score (nSPS) is 13.9. The monoisotopic (exact) mass is 421 g/mol. The number of rotatable bonds is 4. The number of fused-ring (bicyclic) bond motifs is 1. The van der Waals surface area contributed by atoms with Gasteiger partial charge < -0.3 is 10.2 Å². The molecule has 0 aliphatic carbocycles. The maximum Gasteiger partial charge on any atom is 0.254 e. The number of hydrogen-bond acceptors (Lipinski definition) is 3. The number of amides is 2. The molecule has 1 N–H and O–H groups in total. The molecular weight excluding hydrogens is 397 g/mol. The summed E-state index contributed by atoms with van der Waals surface area (Å²) in [7, 11) is 0. The Kier molecular flexibility index (Phi) is 5.84. The fourth-order valence-corrected chi connectivity index (χ4v) is 3.96. The van der Waals surface area contributed by atoms with Gasteiger partial charge in [-0.15, -0.1) is 0 Å². The maximum atomic E-state index is 13.8. The van der Waals surface area contributed by atoms with Gasteiger partial charge in [-0.1, -0.05) is 24.3 Å². The van der Waals surface area contributed by atoms with Crippen molar-refractivity contribution in [3.63, 3.8) is 0 Å². The van der Waals surface area contributed by atoms with Gasteiger partial charge >= 0.3 is 0 Å². The predicted molar refractivity (Wildman–Crippen MR) is 118 cm³/mol. The van der Waals surface area contributed by atoms with Crippen LogP contribution in [-0.2, 0) is 11.3 Å². The molecule has 1 aliphatic rings. The van der Waals surface area contributed by atoms with Crippen molar-refractivity contribution in [2.45, 2.75) is 32.7 Å². The standard InChI is InChI=1S/C24H24FN3O3/c1-16-9-10-17(13-20(16)25)26-22(29)15-28-21-8-4-3-7-18(21)19(14-23(28)30)24(31)27-11-5-2-6-12-27/h3-4,7-10,13-14H,2,5-6,11-12,15H2,1H3,(H,26,29). The molecule has 0 radical (unpaired) electrons. The number of likely N-dealkylation sites (tertiary alicyclic amines) is 1. The first-order valence-corrected chi connectivity index (χ1v) is 10.4. The average Bonchev–Trinajstić information content (AvgIpc) is 2.78. The Balaban J connectivity index is 1.65. The SMILES string of the molecule is Cc1ccc(NC(=O)Cn2c(=O)cc(C(=O)N3CCCCC3)c3ccccc32)cc1F. The second kappa shape index (κ2) is 8.71. The number of anilines is 1. The van der Waals surface area contributed by atoms with E-state index in [1.54, 1.807) is 48.2 Å². The van der Waals surface area contributed by atoms with Crippen LogP contribution in [-0.4, -0.2) is 34.4 Å². The maximum absolute atomic E-state index is 13.8. The number of aromatic nitrogens is 1. The molecule has 2 aromatic carbocycles. The van der Waals surface area contributed by atoms with E-state index in [0.717, 1.165) is 19.3 Å². The number of hydrogen-bond donors (Lipinski definition) is 1. The Morgan fingerprint density at radius 3 is 2.52 bits per heavy atom. The van der Waals surface area contributed by atoms with Crippen LogP contribution < -0.4 is 10.9 Å². The quantitative estimate of drug-likeness (QED) is 0.698. The highest BCUT2D eigenvalue weighted by Gasteiger charge is 2.22. The highest BCUT2D eigenvalue weighted by molar-refractivity contribution is 6.06. The molecule has 160 valence electrons. The molecule has 1 saturated heterocycles. The Bertz CT molecular complexity index is 1210. The van der Waals surface area contributed by atoms with E-state index in [2.05, 4.69) is 5.32 Å². The van der Waals surface area contributed by atoms with Gasteiger partial charge in [0.25, 0.3) is 11.5 Å². The molecule has 2 heterocycles. The number of benzene rings is 2. The number of carbonyl (C=O) groups excluding carboxylic acids is 2. The molecule has 1 fully saturated rings. The molecule has 0 bridgehead atoms. The van der Waals surface area contributed by atoms with Crippen molar-refractivity contribution in [2.24, 2.45) is 0 Å². The molecule has 0 saturated carbocycles. The largest absolute Gasteiger partial charge is 0.339 e. The number of piperidine rings is 1. The second-order valence-corrected chi connectivity index (χ2v) is 7.86. The van der Waals surface area contributed by atoms with Crippen LogP contribution in [0.5, 0.6) is 0 Å². The van der Waals surface area contributed by atoms with E-state index in [-0.39, 0.29) is 12.5 Å². The summed E-state index contributed by atoms with van der Waals surface area (Å²) in [5.41, 5.74) is 1.25. The molecule has 1 aromatic heterocycles. The highest BCUT2D eigenvalue weighted by Crippen LogP contribution is 2.21. The van der Waals surface area contributed by atoms with Gasteiger partial charge in [0.05, 0.1) is 11.1 Å². The van der Waals surface area contributed by atoms with Crippen molar-refractivity contribution in [2.75, 3.05) is 18.4 Å². The lowest BCUT2D eigenvalue weighted by Gasteiger charge is -2.27. The third-order valence-corrected chi connectivity index (χ3v) is 5.65. The zero-order valence-electron chi connectivity index (χ0n) is 17.4. The van der Waals surface area contributed by atoms with Crippen molar-refractivity contribution in [1.29, 1.82) is 0 Å². The molecule has 7 heteroatoms. The molecule has 0 unspecified atom stereocenters. The first-order chi connectivity index (χ1) is 14.9. The van der Waals surface area contributed by atoms with Gasteiger partial charge in [0.2, 0.25) is 5.91 Å². The number of nitrogens with one attached hydrogen (secondary N) is 1. The van der Waals surface area contributed by atoms with Gasteiger partial charge in [-0.3, -0.25) is 19.0 Å². The number of pyridine rings is 1. The molecule has 2 amide bonds. The fraction of sp³-hybridized carbons (Fsp3) is 0.292. The lowest BCUT2D eigenvalue weighted by Crippen LogP contribution is -2.37. The minimum Gasteiger partial charge on any atom is -0.339 e. The van der Waals surface area contributed by atoms with Crippen LogP contribution in [0.3, 0.4) is 0 Å². The summed E-state index contributed by atoms with van der Waals surface area (Å²) in [6.45, 7) is 2.77. The second-order valence-electron chi connectivity index (χ2n) is 7.86. The van der Waals surface area contributed by atoms with E-state index < -0.39 is 17.3 Å². The lowest BCUT2D eigenvalue weighted by molar-refractivity contribution is -0.116. The van der Waals surface area contributed by atoms with Crippen LogP contribution in [0, 0.1) is 12.7 Å². The minimum absolute atomic E-state index is 0.153. The summed E-state index contributed by atoms with van der Waals surface area (Å²) in [5.74, 6) is -1.02. The summed E-state index contributed by atoms with van der Waals surface area (Å²) >= 11 is 0. The average molecular weight is 421 g/mol. The molecule has 0 spiro atoms. The smallest absolute Gasteiger partial charge is 0.254 e. The molecule has 4 rings (SSSR count). The van der Waals surface area contributed by atoms with Crippen LogP contribution in [0.4, 0.5) is 10.1 Å². The molecular formula is C24H24FN3O3. The summed E-state index contributed by atoms with van der Waals surface area (Å²) in [4.78, 5) is 40.3. The van der Waals surface area contributed by atoms with Crippen LogP contribution in [0.1, 0.15) is 35.2 Å². The first kappa shape index (κ1) is 20.8. The summed E-state index contributed by atoms with van der Waals surface area (Å²) in [5, 5.41) is 3.26. The van der Waals surface area contributed by atoms with Crippen LogP contribution >= 0.6 is 0 Å². The van der Waals surface area contributed by atoms with Crippen LogP contribution in [0.25, 0.3) is 10.9 Å². The number of nitrogens with zero attached hydrogens (tertiary/aromatic N) is 2. The number of aryl methyl sites for hydroxylation is 1. The van der Waals surface area contributed by atoms with Crippen molar-refractivity contribution >= 4 is 28.4 Å². The van der Waals surface area contributed by atoms with E-state index >= 15 is 0 Å². The van der Waals surface area contributed by atoms with E-state index in [1.807, 2.05) is 0 Å². The number of carbonyl (C=O) groups is 2. The molecule has 0 atom stereocenters. The van der Waals surface area contributed by atoms with Gasteiger partial charge in [-0.2, -0.15) is 0 Å². The lowest BCUT2D eigenvalue weighted by atomic mass is 10.0.